The van der Waals surface area contributed by atoms with Crippen molar-refractivity contribution in [2.75, 3.05) is 7.11 Å². The van der Waals surface area contributed by atoms with E-state index >= 15 is 0 Å². The number of rotatable bonds is 7. The van der Waals surface area contributed by atoms with Gasteiger partial charge in [0.2, 0.25) is 5.91 Å². The van der Waals surface area contributed by atoms with Crippen molar-refractivity contribution in [3.05, 3.63) is 65.7 Å². The van der Waals surface area contributed by atoms with Crippen LogP contribution in [0.5, 0.6) is 11.5 Å². The van der Waals surface area contributed by atoms with Crippen LogP contribution in [0.3, 0.4) is 0 Å². The molecule has 0 atom stereocenters. The Balaban J connectivity index is 1.71. The average molecular weight is 351 g/mol. The molecule has 0 saturated heterocycles. The number of amides is 1. The lowest BCUT2D eigenvalue weighted by Gasteiger charge is -2.14. The molecular weight excluding hydrogens is 326 g/mol. The van der Waals surface area contributed by atoms with Crippen molar-refractivity contribution in [3.8, 4) is 11.5 Å². The Kier molecular flexibility index (Phi) is 6.31. The van der Waals surface area contributed by atoms with Crippen LogP contribution in [0.4, 0.5) is 0 Å². The van der Waals surface area contributed by atoms with Gasteiger partial charge in [-0.15, -0.1) is 0 Å². The fourth-order valence-electron chi connectivity index (χ4n) is 3.19. The fraction of sp³-hybridized carbons (Fsp3) is 0.318. The van der Waals surface area contributed by atoms with Crippen LogP contribution in [0.1, 0.15) is 36.8 Å². The summed E-state index contributed by atoms with van der Waals surface area (Å²) in [6.07, 6.45) is 7.90. The van der Waals surface area contributed by atoms with Gasteiger partial charge in [0.15, 0.2) is 11.5 Å². The van der Waals surface area contributed by atoms with E-state index in [0.717, 1.165) is 24.0 Å². The van der Waals surface area contributed by atoms with Gasteiger partial charge in [0.05, 0.1) is 7.11 Å². The topological polar surface area (TPSA) is 47.6 Å². The molecule has 0 bridgehead atoms. The molecule has 0 aliphatic heterocycles. The lowest BCUT2D eigenvalue weighted by Crippen LogP contribution is -2.30. The SMILES string of the molecule is COc1cccc(/C=C/C(=O)NC2CCCC2)c1OCc1ccccc1. The maximum absolute atomic E-state index is 12.1. The van der Waals surface area contributed by atoms with E-state index in [2.05, 4.69) is 5.32 Å². The van der Waals surface area contributed by atoms with Gasteiger partial charge in [-0.25, -0.2) is 0 Å². The van der Waals surface area contributed by atoms with Crippen LogP contribution in [0.2, 0.25) is 0 Å². The van der Waals surface area contributed by atoms with Crippen molar-refractivity contribution >= 4 is 12.0 Å². The number of benzene rings is 2. The molecule has 1 aliphatic carbocycles. The van der Waals surface area contributed by atoms with Crippen LogP contribution in [0, 0.1) is 0 Å². The van der Waals surface area contributed by atoms with Crippen LogP contribution in [0.15, 0.2) is 54.6 Å². The molecule has 2 aromatic rings. The number of carbonyl (C=O) groups is 1. The number of hydrogen-bond donors (Lipinski definition) is 1. The molecule has 1 N–H and O–H groups in total. The zero-order valence-electron chi connectivity index (χ0n) is 15.1. The third-order valence-electron chi connectivity index (χ3n) is 4.57. The molecule has 1 aliphatic rings. The molecule has 3 rings (SSSR count). The Morgan fingerprint density at radius 1 is 1.12 bits per heavy atom. The van der Waals surface area contributed by atoms with Crippen LogP contribution in [-0.4, -0.2) is 19.1 Å². The minimum atomic E-state index is -0.0614. The Morgan fingerprint density at radius 3 is 2.62 bits per heavy atom. The summed E-state index contributed by atoms with van der Waals surface area (Å²) in [5.74, 6) is 1.23. The van der Waals surface area contributed by atoms with E-state index in [-0.39, 0.29) is 5.91 Å². The van der Waals surface area contributed by atoms with Gasteiger partial charge in [0.25, 0.3) is 0 Å². The van der Waals surface area contributed by atoms with E-state index < -0.39 is 0 Å². The monoisotopic (exact) mass is 351 g/mol. The normalized spacial score (nSPS) is 14.5. The summed E-state index contributed by atoms with van der Waals surface area (Å²) in [7, 11) is 1.62. The predicted molar refractivity (Wildman–Crippen MR) is 103 cm³/mol. The average Bonchev–Trinajstić information content (AvgIpc) is 3.18. The zero-order valence-corrected chi connectivity index (χ0v) is 15.1. The fourth-order valence-corrected chi connectivity index (χ4v) is 3.19. The van der Waals surface area contributed by atoms with Crippen molar-refractivity contribution < 1.29 is 14.3 Å². The van der Waals surface area contributed by atoms with Gasteiger partial charge in [0.1, 0.15) is 6.61 Å². The van der Waals surface area contributed by atoms with E-state index in [9.17, 15) is 4.79 Å². The third-order valence-corrected chi connectivity index (χ3v) is 4.57. The lowest BCUT2D eigenvalue weighted by atomic mass is 10.1. The molecule has 1 amide bonds. The van der Waals surface area contributed by atoms with Crippen LogP contribution in [0.25, 0.3) is 6.08 Å². The van der Waals surface area contributed by atoms with E-state index in [4.69, 9.17) is 9.47 Å². The molecule has 26 heavy (non-hydrogen) atoms. The van der Waals surface area contributed by atoms with Gasteiger partial charge in [-0.1, -0.05) is 55.3 Å². The summed E-state index contributed by atoms with van der Waals surface area (Å²) in [6, 6.07) is 15.9. The Morgan fingerprint density at radius 2 is 1.88 bits per heavy atom. The molecule has 2 aromatic carbocycles. The molecule has 136 valence electrons. The first kappa shape index (κ1) is 18.1. The number of ether oxygens (including phenoxy) is 2. The molecule has 1 fully saturated rings. The second-order valence-electron chi connectivity index (χ2n) is 6.48. The molecule has 0 radical (unpaired) electrons. The number of para-hydroxylation sites is 1. The highest BCUT2D eigenvalue weighted by atomic mass is 16.5. The Hall–Kier alpha value is -2.75. The lowest BCUT2D eigenvalue weighted by molar-refractivity contribution is -0.117. The maximum Gasteiger partial charge on any atom is 0.244 e. The second-order valence-corrected chi connectivity index (χ2v) is 6.48. The highest BCUT2D eigenvalue weighted by Gasteiger charge is 2.16. The quantitative estimate of drug-likeness (QED) is 0.755. The van der Waals surface area contributed by atoms with E-state index in [0.29, 0.717) is 24.1 Å². The summed E-state index contributed by atoms with van der Waals surface area (Å²) in [5, 5.41) is 3.06. The Bertz CT molecular complexity index is 749. The summed E-state index contributed by atoms with van der Waals surface area (Å²) < 4.78 is 11.4. The van der Waals surface area contributed by atoms with E-state index in [1.165, 1.54) is 12.8 Å². The van der Waals surface area contributed by atoms with Gasteiger partial charge in [-0.05, 0) is 30.5 Å². The van der Waals surface area contributed by atoms with Crippen LogP contribution in [-0.2, 0) is 11.4 Å². The molecular formula is C22H25NO3. The number of nitrogens with one attached hydrogen (secondary N) is 1. The molecule has 1 saturated carbocycles. The van der Waals surface area contributed by atoms with Crippen molar-refractivity contribution in [1.82, 2.24) is 5.32 Å². The molecule has 0 spiro atoms. The second kappa shape index (κ2) is 9.09. The molecule has 0 aromatic heterocycles. The highest BCUT2D eigenvalue weighted by Crippen LogP contribution is 2.32. The maximum atomic E-state index is 12.1. The Labute approximate surface area is 154 Å². The number of hydrogen-bond acceptors (Lipinski definition) is 3. The molecule has 4 heteroatoms. The van der Waals surface area contributed by atoms with Gasteiger partial charge in [0, 0.05) is 17.7 Å². The van der Waals surface area contributed by atoms with Gasteiger partial charge in [-0.3, -0.25) is 4.79 Å². The first-order valence-electron chi connectivity index (χ1n) is 9.08. The van der Waals surface area contributed by atoms with Crippen molar-refractivity contribution in [2.45, 2.75) is 38.3 Å². The molecule has 0 heterocycles. The van der Waals surface area contributed by atoms with Gasteiger partial charge in [-0.2, -0.15) is 0 Å². The van der Waals surface area contributed by atoms with E-state index in [1.807, 2.05) is 48.5 Å². The summed E-state index contributed by atoms with van der Waals surface area (Å²) in [4.78, 5) is 12.1. The largest absolute Gasteiger partial charge is 0.493 e. The van der Waals surface area contributed by atoms with Crippen molar-refractivity contribution in [2.24, 2.45) is 0 Å². The highest BCUT2D eigenvalue weighted by molar-refractivity contribution is 5.92. The van der Waals surface area contributed by atoms with Crippen molar-refractivity contribution in [1.29, 1.82) is 0 Å². The summed E-state index contributed by atoms with van der Waals surface area (Å²) in [5.41, 5.74) is 1.90. The first-order chi connectivity index (χ1) is 12.8. The summed E-state index contributed by atoms with van der Waals surface area (Å²) in [6.45, 7) is 0.441. The van der Waals surface area contributed by atoms with Gasteiger partial charge >= 0.3 is 0 Å². The summed E-state index contributed by atoms with van der Waals surface area (Å²) >= 11 is 0. The van der Waals surface area contributed by atoms with Crippen LogP contribution >= 0.6 is 0 Å². The zero-order chi connectivity index (χ0) is 18.2. The predicted octanol–water partition coefficient (Wildman–Crippen LogP) is 4.35. The van der Waals surface area contributed by atoms with Crippen LogP contribution < -0.4 is 14.8 Å². The minimum Gasteiger partial charge on any atom is -0.493 e. The number of methoxy groups -OCH3 is 1. The van der Waals surface area contributed by atoms with E-state index in [1.54, 1.807) is 19.3 Å². The standard InChI is InChI=1S/C22H25NO3/c1-25-20-13-7-10-18(14-15-21(24)23-19-11-5-6-12-19)22(20)26-16-17-8-3-2-4-9-17/h2-4,7-10,13-15,19H,5-6,11-12,16H2,1H3,(H,23,24)/b15-14+. The molecule has 4 nitrogen and oxygen atoms in total. The van der Waals surface area contributed by atoms with Crippen molar-refractivity contribution in [3.63, 3.8) is 0 Å². The number of carbonyl (C=O) groups excluding carboxylic acids is 1. The minimum absolute atomic E-state index is 0.0614. The first-order valence-corrected chi connectivity index (χ1v) is 9.08. The van der Waals surface area contributed by atoms with Gasteiger partial charge < -0.3 is 14.8 Å². The third kappa shape index (κ3) is 4.88. The smallest absolute Gasteiger partial charge is 0.244 e. The molecule has 0 unspecified atom stereocenters.